The summed E-state index contributed by atoms with van der Waals surface area (Å²) in [7, 11) is 1.43. The fourth-order valence-corrected chi connectivity index (χ4v) is 3.26. The van der Waals surface area contributed by atoms with Crippen molar-refractivity contribution < 1.29 is 14.6 Å². The summed E-state index contributed by atoms with van der Waals surface area (Å²) >= 11 is 12.3. The first-order valence-electron chi connectivity index (χ1n) is 5.90. The molecule has 0 atom stereocenters. The lowest BCUT2D eigenvalue weighted by molar-refractivity contribution is -0.121. The van der Waals surface area contributed by atoms with Crippen LogP contribution in [0, 0.1) is 0 Å². The predicted octanol–water partition coefficient (Wildman–Crippen LogP) is 3.44. The van der Waals surface area contributed by atoms with E-state index in [2.05, 4.69) is 6.58 Å². The molecule has 110 valence electrons. The first-order valence-corrected chi connectivity index (χ1v) is 7.51. The van der Waals surface area contributed by atoms with Crippen LogP contribution in [0.15, 0.2) is 29.7 Å². The van der Waals surface area contributed by atoms with Crippen LogP contribution < -0.4 is 4.74 Å². The number of amides is 1. The number of aromatic hydroxyl groups is 1. The highest BCUT2D eigenvalue weighted by atomic mass is 35.5. The number of ether oxygens (including phenoxy) is 1. The van der Waals surface area contributed by atoms with Gasteiger partial charge in [-0.05, 0) is 23.8 Å². The lowest BCUT2D eigenvalue weighted by atomic mass is 10.2. The topological polar surface area (TPSA) is 49.8 Å². The van der Waals surface area contributed by atoms with Gasteiger partial charge in [0.1, 0.15) is 4.32 Å². The Morgan fingerprint density at radius 3 is 2.90 bits per heavy atom. The number of rotatable bonds is 4. The van der Waals surface area contributed by atoms with Crippen molar-refractivity contribution >= 4 is 51.9 Å². The molecular formula is C14H12ClNO3S2. The minimum absolute atomic E-state index is 0.129. The zero-order chi connectivity index (χ0) is 15.6. The van der Waals surface area contributed by atoms with E-state index in [9.17, 15) is 9.90 Å². The molecule has 1 aliphatic rings. The Kier molecular flexibility index (Phi) is 4.92. The molecule has 21 heavy (non-hydrogen) atoms. The number of nitrogens with zero attached hydrogens (tertiary/aromatic N) is 1. The Hall–Kier alpha value is -1.50. The highest BCUT2D eigenvalue weighted by Crippen LogP contribution is 2.37. The number of phenols is 1. The molecule has 0 bridgehead atoms. The van der Waals surface area contributed by atoms with Crippen molar-refractivity contribution in [2.24, 2.45) is 0 Å². The Bertz CT molecular complexity index is 658. The number of methoxy groups -OCH3 is 1. The quantitative estimate of drug-likeness (QED) is 0.516. The molecule has 0 radical (unpaired) electrons. The van der Waals surface area contributed by atoms with Crippen LogP contribution in [0.1, 0.15) is 5.56 Å². The van der Waals surface area contributed by atoms with Gasteiger partial charge in [0.2, 0.25) is 0 Å². The summed E-state index contributed by atoms with van der Waals surface area (Å²) < 4.78 is 5.52. The fraction of sp³-hybridized carbons (Fsp3) is 0.143. The summed E-state index contributed by atoms with van der Waals surface area (Å²) in [4.78, 5) is 14.2. The van der Waals surface area contributed by atoms with Gasteiger partial charge in [-0.25, -0.2) is 0 Å². The first-order chi connectivity index (χ1) is 9.97. The molecule has 1 aromatic rings. The molecule has 0 spiro atoms. The molecule has 1 fully saturated rings. The largest absolute Gasteiger partial charge is 0.503 e. The molecule has 1 saturated heterocycles. The van der Waals surface area contributed by atoms with E-state index >= 15 is 0 Å². The summed E-state index contributed by atoms with van der Waals surface area (Å²) in [6.45, 7) is 3.98. The van der Waals surface area contributed by atoms with Gasteiger partial charge in [-0.1, -0.05) is 41.7 Å². The number of thiocarbonyl (C=S) groups is 1. The molecule has 0 unspecified atom stereocenters. The monoisotopic (exact) mass is 341 g/mol. The van der Waals surface area contributed by atoms with E-state index in [-0.39, 0.29) is 22.4 Å². The third-order valence-electron chi connectivity index (χ3n) is 2.75. The molecule has 1 N–H and O–H groups in total. The van der Waals surface area contributed by atoms with Crippen molar-refractivity contribution in [3.8, 4) is 11.5 Å². The van der Waals surface area contributed by atoms with Gasteiger partial charge >= 0.3 is 0 Å². The number of thioether (sulfide) groups is 1. The van der Waals surface area contributed by atoms with Crippen LogP contribution in [-0.4, -0.2) is 33.9 Å². The van der Waals surface area contributed by atoms with E-state index in [1.54, 1.807) is 24.3 Å². The van der Waals surface area contributed by atoms with Crippen molar-refractivity contribution in [2.75, 3.05) is 13.7 Å². The Balaban J connectivity index is 2.37. The van der Waals surface area contributed by atoms with Crippen LogP contribution in [0.2, 0.25) is 5.02 Å². The molecule has 1 aromatic carbocycles. The Morgan fingerprint density at radius 1 is 1.57 bits per heavy atom. The average molecular weight is 342 g/mol. The summed E-state index contributed by atoms with van der Waals surface area (Å²) in [5, 5.41) is 9.85. The third-order valence-corrected chi connectivity index (χ3v) is 4.42. The second kappa shape index (κ2) is 6.51. The number of carbonyl (C=O) groups is 1. The van der Waals surface area contributed by atoms with Crippen LogP contribution in [-0.2, 0) is 4.79 Å². The minimum Gasteiger partial charge on any atom is -0.503 e. The Morgan fingerprint density at radius 2 is 2.29 bits per heavy atom. The number of halogens is 1. The standard InChI is InChI=1S/C14H12ClNO3S2/c1-3-4-16-13(18)11(21-14(16)20)7-8-5-9(15)12(17)10(6-8)19-2/h3,5-7,17H,1,4H2,2H3/b11-7+. The maximum absolute atomic E-state index is 12.2. The first kappa shape index (κ1) is 15.9. The van der Waals surface area contributed by atoms with E-state index in [1.165, 1.54) is 23.8 Å². The molecule has 1 amide bonds. The van der Waals surface area contributed by atoms with Crippen LogP contribution in [0.25, 0.3) is 6.08 Å². The maximum Gasteiger partial charge on any atom is 0.266 e. The highest BCUT2D eigenvalue weighted by Gasteiger charge is 2.31. The van der Waals surface area contributed by atoms with Crippen LogP contribution in [0.4, 0.5) is 0 Å². The predicted molar refractivity (Wildman–Crippen MR) is 89.7 cm³/mol. The zero-order valence-electron chi connectivity index (χ0n) is 11.1. The molecule has 0 saturated carbocycles. The van der Waals surface area contributed by atoms with Crippen LogP contribution in [0.5, 0.6) is 11.5 Å². The average Bonchev–Trinajstić information content (AvgIpc) is 2.70. The fourth-order valence-electron chi connectivity index (χ4n) is 1.77. The molecule has 7 heteroatoms. The molecular weight excluding hydrogens is 330 g/mol. The van der Waals surface area contributed by atoms with Gasteiger partial charge in [-0.15, -0.1) is 6.58 Å². The maximum atomic E-state index is 12.2. The summed E-state index contributed by atoms with van der Waals surface area (Å²) in [5.41, 5.74) is 0.647. The summed E-state index contributed by atoms with van der Waals surface area (Å²) in [5.74, 6) is -0.0566. The van der Waals surface area contributed by atoms with E-state index in [4.69, 9.17) is 28.6 Å². The van der Waals surface area contributed by atoms with E-state index in [0.29, 0.717) is 21.3 Å². The van der Waals surface area contributed by atoms with E-state index < -0.39 is 0 Å². The lowest BCUT2D eigenvalue weighted by Crippen LogP contribution is -2.27. The van der Waals surface area contributed by atoms with Gasteiger partial charge in [0.15, 0.2) is 11.5 Å². The van der Waals surface area contributed by atoms with Gasteiger partial charge in [-0.3, -0.25) is 9.69 Å². The lowest BCUT2D eigenvalue weighted by Gasteiger charge is -2.10. The minimum atomic E-state index is -0.173. The normalized spacial score (nSPS) is 16.7. The van der Waals surface area contributed by atoms with Crippen molar-refractivity contribution in [1.29, 1.82) is 0 Å². The highest BCUT2D eigenvalue weighted by molar-refractivity contribution is 8.26. The van der Waals surface area contributed by atoms with Gasteiger partial charge in [-0.2, -0.15) is 0 Å². The second-order valence-corrected chi connectivity index (χ2v) is 6.22. The van der Waals surface area contributed by atoms with E-state index in [0.717, 1.165) is 0 Å². The number of carbonyl (C=O) groups excluding carboxylic acids is 1. The molecule has 0 aromatic heterocycles. The number of benzene rings is 1. The molecule has 2 rings (SSSR count). The second-order valence-electron chi connectivity index (χ2n) is 4.13. The van der Waals surface area contributed by atoms with Crippen molar-refractivity contribution in [3.63, 3.8) is 0 Å². The summed E-state index contributed by atoms with van der Waals surface area (Å²) in [6.07, 6.45) is 3.28. The van der Waals surface area contributed by atoms with Gasteiger partial charge in [0, 0.05) is 6.54 Å². The number of phenolic OH excluding ortho intramolecular Hbond substituents is 1. The van der Waals surface area contributed by atoms with Crippen molar-refractivity contribution in [1.82, 2.24) is 4.90 Å². The number of hydrogen-bond donors (Lipinski definition) is 1. The van der Waals surface area contributed by atoms with Crippen LogP contribution in [0.3, 0.4) is 0 Å². The zero-order valence-corrected chi connectivity index (χ0v) is 13.5. The summed E-state index contributed by atoms with van der Waals surface area (Å²) in [6, 6.07) is 3.15. The van der Waals surface area contributed by atoms with Gasteiger partial charge < -0.3 is 9.84 Å². The van der Waals surface area contributed by atoms with Gasteiger partial charge in [0.05, 0.1) is 17.0 Å². The van der Waals surface area contributed by atoms with Crippen molar-refractivity contribution in [2.45, 2.75) is 0 Å². The molecule has 1 aliphatic heterocycles. The third kappa shape index (κ3) is 3.23. The van der Waals surface area contributed by atoms with Gasteiger partial charge in [0.25, 0.3) is 5.91 Å². The smallest absolute Gasteiger partial charge is 0.266 e. The number of hydrogen-bond acceptors (Lipinski definition) is 5. The SMILES string of the molecule is C=CCN1C(=O)/C(=C\c2cc(Cl)c(O)c(OC)c2)SC1=S. The van der Waals surface area contributed by atoms with Crippen molar-refractivity contribution in [3.05, 3.63) is 40.3 Å². The molecule has 0 aliphatic carbocycles. The van der Waals surface area contributed by atoms with E-state index in [1.807, 2.05) is 0 Å². The Labute approximate surface area is 137 Å². The van der Waals surface area contributed by atoms with Crippen LogP contribution >= 0.6 is 35.6 Å². The molecule has 4 nitrogen and oxygen atoms in total. The molecule has 1 heterocycles.